The molecule has 2 atom stereocenters. The Morgan fingerprint density at radius 3 is 2.25 bits per heavy atom. The Labute approximate surface area is 159 Å². The van der Waals surface area contributed by atoms with E-state index in [1.165, 1.54) is 4.90 Å². The van der Waals surface area contributed by atoms with E-state index in [1.54, 1.807) is 25.7 Å². The predicted octanol–water partition coefficient (Wildman–Crippen LogP) is -0.929. The number of piperazine rings is 1. The van der Waals surface area contributed by atoms with Crippen LogP contribution in [0.3, 0.4) is 0 Å². The van der Waals surface area contributed by atoms with Crippen LogP contribution in [0.4, 0.5) is 17.7 Å². The third kappa shape index (κ3) is 4.88. The zero-order valence-electron chi connectivity index (χ0n) is 12.4. The molecule has 2 saturated heterocycles. The Morgan fingerprint density at radius 2 is 1.85 bits per heavy atom. The number of rotatable bonds is 2. The second kappa shape index (κ2) is 6.46. The van der Waals surface area contributed by atoms with E-state index in [0.29, 0.717) is 19.5 Å². The van der Waals surface area contributed by atoms with Gasteiger partial charge in [-0.1, -0.05) is 0 Å². The first-order chi connectivity index (χ1) is 8.55. The summed E-state index contributed by atoms with van der Waals surface area (Å²) >= 11 is 0. The topological polar surface area (TPSA) is 32.8 Å². The van der Waals surface area contributed by atoms with Crippen molar-refractivity contribution in [2.75, 3.05) is 19.5 Å². The van der Waals surface area contributed by atoms with Gasteiger partial charge in [0.15, 0.2) is 0 Å². The third-order valence-electron chi connectivity index (χ3n) is 3.42. The summed E-state index contributed by atoms with van der Waals surface area (Å²) in [5.41, 5.74) is -0.576. The average Bonchev–Trinajstić information content (AvgIpc) is 2.70. The zero-order valence-corrected chi connectivity index (χ0v) is 15.5. The molecule has 0 saturated carbocycles. The quantitative estimate of drug-likeness (QED) is 0.617. The van der Waals surface area contributed by atoms with Crippen LogP contribution in [0.1, 0.15) is 27.2 Å². The van der Waals surface area contributed by atoms with Crippen molar-refractivity contribution in [3.8, 4) is 0 Å². The fourth-order valence-corrected chi connectivity index (χ4v) is 2.78. The SMILES string of the molecule is CC(C)(C)OC(=O)N1C[C@H]2C[C@@H]1CN2C[B-](F)(F)F.[K+]. The van der Waals surface area contributed by atoms with E-state index in [4.69, 9.17) is 4.74 Å². The molecule has 20 heavy (non-hydrogen) atoms. The van der Waals surface area contributed by atoms with Gasteiger partial charge in [-0.3, -0.25) is 0 Å². The minimum Gasteiger partial charge on any atom is -0.448 e. The molecule has 1 amide bonds. The number of hydrogen-bond donors (Lipinski definition) is 0. The molecule has 9 heteroatoms. The number of hydrogen-bond acceptors (Lipinski definition) is 3. The van der Waals surface area contributed by atoms with Gasteiger partial charge in [0.1, 0.15) is 5.60 Å². The van der Waals surface area contributed by atoms with Crippen LogP contribution in [-0.4, -0.2) is 60.1 Å². The van der Waals surface area contributed by atoms with Gasteiger partial charge >= 0.3 is 64.5 Å². The van der Waals surface area contributed by atoms with Gasteiger partial charge in [-0.25, -0.2) is 4.79 Å². The number of fused-ring (bicyclic) bond motifs is 2. The Kier molecular flexibility index (Phi) is 6.06. The number of carbonyl (C=O) groups excluding carboxylic acids is 1. The van der Waals surface area contributed by atoms with E-state index < -0.39 is 25.1 Å². The Balaban J connectivity index is 0.00000200. The van der Waals surface area contributed by atoms with Crippen LogP contribution in [0.25, 0.3) is 0 Å². The van der Waals surface area contributed by atoms with Gasteiger partial charge in [0.05, 0.1) is 0 Å². The molecule has 0 radical (unpaired) electrons. The fraction of sp³-hybridized carbons (Fsp3) is 0.909. The second-order valence-corrected chi connectivity index (χ2v) is 6.34. The third-order valence-corrected chi connectivity index (χ3v) is 3.42. The average molecular weight is 318 g/mol. The molecule has 0 aromatic rings. The molecule has 2 heterocycles. The van der Waals surface area contributed by atoms with E-state index in [-0.39, 0.29) is 63.5 Å². The minimum atomic E-state index is -4.80. The molecule has 0 aliphatic carbocycles. The molecule has 0 N–H and O–H groups in total. The zero-order chi connectivity index (χ0) is 14.4. The molecule has 0 aromatic carbocycles. The van der Waals surface area contributed by atoms with Crippen LogP contribution in [0, 0.1) is 0 Å². The normalized spacial score (nSPS) is 26.6. The summed E-state index contributed by atoms with van der Waals surface area (Å²) in [6, 6.07) is -0.320. The minimum absolute atomic E-state index is 0. The van der Waals surface area contributed by atoms with Gasteiger partial charge in [-0.2, -0.15) is 0 Å². The summed E-state index contributed by atoms with van der Waals surface area (Å²) in [6.07, 6.45) is -0.633. The molecule has 0 unspecified atom stereocenters. The molecule has 2 aliphatic heterocycles. The molecule has 0 aromatic heterocycles. The number of nitrogens with zero attached hydrogens (tertiary/aromatic N) is 2. The summed E-state index contributed by atoms with van der Waals surface area (Å²) in [7, 11) is 0. The molecule has 2 aliphatic rings. The molecular weight excluding hydrogens is 299 g/mol. The molecule has 4 nitrogen and oxygen atoms in total. The predicted molar refractivity (Wildman–Crippen MR) is 65.8 cm³/mol. The Bertz CT molecular complexity index is 376. The summed E-state index contributed by atoms with van der Waals surface area (Å²) in [5.74, 6) is 0. The van der Waals surface area contributed by atoms with E-state index in [2.05, 4.69) is 0 Å². The number of amides is 1. The van der Waals surface area contributed by atoms with Crippen LogP contribution in [0.5, 0.6) is 0 Å². The van der Waals surface area contributed by atoms with Crippen LogP contribution in [0.2, 0.25) is 0 Å². The number of carbonyl (C=O) groups is 1. The first-order valence-corrected chi connectivity index (χ1v) is 6.50. The summed E-state index contributed by atoms with van der Waals surface area (Å²) < 4.78 is 42.5. The van der Waals surface area contributed by atoms with Crippen molar-refractivity contribution in [2.24, 2.45) is 0 Å². The van der Waals surface area contributed by atoms with Crippen molar-refractivity contribution in [1.82, 2.24) is 9.80 Å². The Hall–Kier alpha value is 0.721. The van der Waals surface area contributed by atoms with Crippen molar-refractivity contribution in [3.05, 3.63) is 0 Å². The maximum absolute atomic E-state index is 12.4. The van der Waals surface area contributed by atoms with E-state index in [9.17, 15) is 17.7 Å². The van der Waals surface area contributed by atoms with Crippen LogP contribution >= 0.6 is 0 Å². The maximum Gasteiger partial charge on any atom is 1.00 e. The number of halogens is 3. The van der Waals surface area contributed by atoms with Gasteiger partial charge in [-0.05, 0) is 33.6 Å². The Morgan fingerprint density at radius 1 is 1.25 bits per heavy atom. The first-order valence-electron chi connectivity index (χ1n) is 6.50. The summed E-state index contributed by atoms with van der Waals surface area (Å²) in [5, 5.41) is 0. The first kappa shape index (κ1) is 18.8. The fourth-order valence-electron chi connectivity index (χ4n) is 2.78. The summed E-state index contributed by atoms with van der Waals surface area (Å²) in [6.45, 7) is 1.16. The molecule has 0 spiro atoms. The molecule has 2 rings (SSSR count). The van der Waals surface area contributed by atoms with Gasteiger partial charge in [0, 0.05) is 25.2 Å². The largest absolute Gasteiger partial charge is 1.00 e. The van der Waals surface area contributed by atoms with Crippen molar-refractivity contribution in [2.45, 2.75) is 44.9 Å². The molecule has 2 bridgehead atoms. The van der Waals surface area contributed by atoms with Crippen molar-refractivity contribution >= 4 is 13.1 Å². The van der Waals surface area contributed by atoms with Gasteiger partial charge in [0.2, 0.25) is 0 Å². The van der Waals surface area contributed by atoms with Gasteiger partial charge in [0.25, 0.3) is 0 Å². The standard InChI is InChI=1S/C11H19BF3N2O2.K/c1-11(2,3)19-10(18)17-6-8-4-9(17)5-16(8)7-12(13,14)15;/h8-9H,4-7H2,1-3H3;/q-1;+1/t8-,9-;/m1./s1. The number of likely N-dealkylation sites (tertiary alicyclic amines) is 2. The van der Waals surface area contributed by atoms with Crippen LogP contribution < -0.4 is 51.4 Å². The molecule has 110 valence electrons. The van der Waals surface area contributed by atoms with Crippen molar-refractivity contribution in [1.29, 1.82) is 0 Å². The monoisotopic (exact) mass is 318 g/mol. The van der Waals surface area contributed by atoms with E-state index >= 15 is 0 Å². The molecule has 2 fully saturated rings. The van der Waals surface area contributed by atoms with Crippen molar-refractivity contribution in [3.63, 3.8) is 0 Å². The summed E-state index contributed by atoms with van der Waals surface area (Å²) in [4.78, 5) is 14.9. The maximum atomic E-state index is 12.4. The van der Waals surface area contributed by atoms with E-state index in [0.717, 1.165) is 0 Å². The van der Waals surface area contributed by atoms with Crippen LogP contribution in [0.15, 0.2) is 0 Å². The van der Waals surface area contributed by atoms with Gasteiger partial charge < -0.3 is 27.5 Å². The van der Waals surface area contributed by atoms with Crippen LogP contribution in [-0.2, 0) is 4.74 Å². The van der Waals surface area contributed by atoms with E-state index in [1.807, 2.05) is 0 Å². The van der Waals surface area contributed by atoms with Gasteiger partial charge in [-0.15, -0.1) is 0 Å². The molecular formula is C11H19BF3KN2O2. The second-order valence-electron chi connectivity index (χ2n) is 6.34. The number of ether oxygens (including phenoxy) is 1. The smallest absolute Gasteiger partial charge is 0.448 e. The van der Waals surface area contributed by atoms with Crippen molar-refractivity contribution < 1.29 is 73.9 Å².